The molecule has 3 aliphatic rings. The molecule has 0 amide bonds. The molecule has 0 unspecified atom stereocenters. The first kappa shape index (κ1) is 19.7. The topological polar surface area (TPSA) is 81.7 Å². The summed E-state index contributed by atoms with van der Waals surface area (Å²) in [6.07, 6.45) is 0.694. The first-order valence-corrected chi connectivity index (χ1v) is 10.1. The molecule has 8 heteroatoms. The van der Waals surface area contributed by atoms with Crippen molar-refractivity contribution in [2.75, 3.05) is 41.8 Å². The Kier molecular flexibility index (Phi) is 4.72. The molecule has 1 saturated heterocycles. The number of methoxy groups -OCH3 is 4. The van der Waals surface area contributed by atoms with E-state index in [2.05, 4.69) is 0 Å². The van der Waals surface area contributed by atoms with E-state index in [1.54, 1.807) is 28.4 Å². The Morgan fingerprint density at radius 2 is 1.58 bits per heavy atom. The fraction of sp³-hybridized carbons (Fsp3) is 0.435. The van der Waals surface area contributed by atoms with Crippen molar-refractivity contribution in [3.8, 4) is 34.5 Å². The maximum Gasteiger partial charge on any atom is 0.310 e. The summed E-state index contributed by atoms with van der Waals surface area (Å²) in [5.41, 5.74) is 2.81. The summed E-state index contributed by atoms with van der Waals surface area (Å²) in [4.78, 5) is 12.9. The molecule has 0 bridgehead atoms. The summed E-state index contributed by atoms with van der Waals surface area (Å²) in [7, 11) is 6.30. The molecule has 0 aromatic heterocycles. The number of rotatable bonds is 5. The predicted molar refractivity (Wildman–Crippen MR) is 109 cm³/mol. The fourth-order valence-electron chi connectivity index (χ4n) is 5.08. The quantitative estimate of drug-likeness (QED) is 0.673. The lowest BCUT2D eigenvalue weighted by Crippen LogP contribution is -2.32. The van der Waals surface area contributed by atoms with Crippen LogP contribution in [0.2, 0.25) is 0 Å². The third-order valence-electron chi connectivity index (χ3n) is 6.37. The van der Waals surface area contributed by atoms with E-state index < -0.39 is 0 Å². The molecule has 5 rings (SSSR count). The van der Waals surface area contributed by atoms with Crippen LogP contribution in [0.3, 0.4) is 0 Å². The van der Waals surface area contributed by atoms with E-state index in [1.165, 1.54) is 0 Å². The summed E-state index contributed by atoms with van der Waals surface area (Å²) in [5.74, 6) is 2.48. The van der Waals surface area contributed by atoms with E-state index in [0.717, 1.165) is 16.7 Å². The summed E-state index contributed by atoms with van der Waals surface area (Å²) >= 11 is 0. The minimum Gasteiger partial charge on any atom is -0.493 e. The Balaban J connectivity index is 1.77. The van der Waals surface area contributed by atoms with Gasteiger partial charge in [-0.15, -0.1) is 0 Å². The van der Waals surface area contributed by atoms with Crippen LogP contribution in [-0.4, -0.2) is 47.8 Å². The van der Waals surface area contributed by atoms with Crippen LogP contribution >= 0.6 is 0 Å². The average Bonchev–Trinajstić information content (AvgIpc) is 3.41. The minimum absolute atomic E-state index is 0.0502. The second kappa shape index (κ2) is 7.44. The SMILES string of the molecule is COc1cc([C@H]2c3c(cc4c(c3OC)OCO4)C[C@H]3COC(=O)[C@H]32)cc(OC)c1OC. The lowest BCUT2D eigenvalue weighted by Gasteiger charge is -2.35. The highest BCUT2D eigenvalue weighted by Crippen LogP contribution is 2.56. The Morgan fingerprint density at radius 3 is 2.23 bits per heavy atom. The molecule has 1 fully saturated rings. The van der Waals surface area contributed by atoms with Gasteiger partial charge in [0.05, 0.1) is 41.0 Å². The van der Waals surface area contributed by atoms with Gasteiger partial charge < -0.3 is 33.2 Å². The third kappa shape index (κ3) is 2.85. The molecule has 0 saturated carbocycles. The van der Waals surface area contributed by atoms with Crippen molar-refractivity contribution in [1.82, 2.24) is 0 Å². The molecule has 2 aromatic carbocycles. The van der Waals surface area contributed by atoms with Crippen molar-refractivity contribution < 1.29 is 38.0 Å². The molecule has 0 spiro atoms. The van der Waals surface area contributed by atoms with E-state index >= 15 is 0 Å². The molecule has 3 atom stereocenters. The van der Waals surface area contributed by atoms with Crippen LogP contribution < -0.4 is 28.4 Å². The third-order valence-corrected chi connectivity index (χ3v) is 6.37. The number of fused-ring (bicyclic) bond motifs is 3. The summed E-state index contributed by atoms with van der Waals surface area (Å²) < 4.78 is 39.2. The maximum absolute atomic E-state index is 12.9. The van der Waals surface area contributed by atoms with Crippen molar-refractivity contribution in [2.24, 2.45) is 11.8 Å². The Bertz CT molecular complexity index is 1020. The van der Waals surface area contributed by atoms with Crippen LogP contribution in [0.25, 0.3) is 0 Å². The number of cyclic esters (lactones) is 1. The lowest BCUT2D eigenvalue weighted by atomic mass is 9.67. The molecule has 2 aliphatic heterocycles. The van der Waals surface area contributed by atoms with Gasteiger partial charge in [-0.25, -0.2) is 0 Å². The van der Waals surface area contributed by atoms with Gasteiger partial charge in [0.1, 0.15) is 0 Å². The van der Waals surface area contributed by atoms with Gasteiger partial charge in [-0.3, -0.25) is 4.79 Å². The summed E-state index contributed by atoms with van der Waals surface area (Å²) in [6, 6.07) is 5.76. The molecule has 31 heavy (non-hydrogen) atoms. The van der Waals surface area contributed by atoms with Crippen LogP contribution in [0.5, 0.6) is 34.5 Å². The van der Waals surface area contributed by atoms with E-state index in [4.69, 9.17) is 33.2 Å². The Hall–Kier alpha value is -3.29. The van der Waals surface area contributed by atoms with Gasteiger partial charge >= 0.3 is 5.97 Å². The number of ether oxygens (including phenoxy) is 7. The Labute approximate surface area is 179 Å². The van der Waals surface area contributed by atoms with E-state index in [9.17, 15) is 4.79 Å². The van der Waals surface area contributed by atoms with Crippen molar-refractivity contribution in [1.29, 1.82) is 0 Å². The van der Waals surface area contributed by atoms with Crippen LogP contribution in [0, 0.1) is 11.8 Å². The monoisotopic (exact) mass is 428 g/mol. The van der Waals surface area contributed by atoms with Gasteiger partial charge in [0.15, 0.2) is 23.0 Å². The Morgan fingerprint density at radius 1 is 0.871 bits per heavy atom. The molecular formula is C23H24O8. The van der Waals surface area contributed by atoms with E-state index in [-0.39, 0.29) is 30.5 Å². The van der Waals surface area contributed by atoms with E-state index in [1.807, 2.05) is 18.2 Å². The van der Waals surface area contributed by atoms with Crippen molar-refractivity contribution in [2.45, 2.75) is 12.3 Å². The smallest absolute Gasteiger partial charge is 0.310 e. The van der Waals surface area contributed by atoms with Crippen LogP contribution in [0.4, 0.5) is 0 Å². The molecular weight excluding hydrogens is 404 g/mol. The van der Waals surface area contributed by atoms with Gasteiger partial charge in [0.25, 0.3) is 0 Å². The molecule has 0 radical (unpaired) electrons. The molecule has 0 N–H and O–H groups in total. The van der Waals surface area contributed by atoms with E-state index in [0.29, 0.717) is 47.5 Å². The van der Waals surface area contributed by atoms with Crippen molar-refractivity contribution in [3.63, 3.8) is 0 Å². The summed E-state index contributed by atoms with van der Waals surface area (Å²) in [5, 5.41) is 0. The number of hydrogen-bond donors (Lipinski definition) is 0. The van der Waals surface area contributed by atoms with Crippen molar-refractivity contribution in [3.05, 3.63) is 34.9 Å². The highest BCUT2D eigenvalue weighted by molar-refractivity contribution is 5.79. The zero-order valence-corrected chi connectivity index (χ0v) is 17.9. The zero-order valence-electron chi connectivity index (χ0n) is 17.9. The normalized spacial score (nSPS) is 23.0. The van der Waals surface area contributed by atoms with Crippen LogP contribution in [0.1, 0.15) is 22.6 Å². The largest absolute Gasteiger partial charge is 0.493 e. The number of hydrogen-bond acceptors (Lipinski definition) is 8. The average molecular weight is 428 g/mol. The van der Waals surface area contributed by atoms with Gasteiger partial charge in [0.2, 0.25) is 18.3 Å². The first-order valence-electron chi connectivity index (χ1n) is 10.1. The molecule has 8 nitrogen and oxygen atoms in total. The second-order valence-electron chi connectivity index (χ2n) is 7.77. The van der Waals surface area contributed by atoms with Gasteiger partial charge in [-0.05, 0) is 35.7 Å². The minimum atomic E-state index is -0.357. The lowest BCUT2D eigenvalue weighted by molar-refractivity contribution is -0.141. The van der Waals surface area contributed by atoms with Crippen molar-refractivity contribution >= 4 is 5.97 Å². The van der Waals surface area contributed by atoms with Gasteiger partial charge in [-0.2, -0.15) is 0 Å². The standard InChI is InChI=1S/C23H24O8/c1-25-14-6-12(7-15(26-2)20(14)27-3)17-18-11(5-13-9-29-23(24)19(13)17)8-16-21(22(18)28-4)31-10-30-16/h6-8,13,17,19H,5,9-10H2,1-4H3/t13-,17-,19+/m0/s1. The molecule has 2 aromatic rings. The zero-order chi connectivity index (χ0) is 21.7. The van der Waals surface area contributed by atoms with Crippen LogP contribution in [0.15, 0.2) is 18.2 Å². The highest BCUT2D eigenvalue weighted by Gasteiger charge is 2.50. The first-order chi connectivity index (χ1) is 15.1. The second-order valence-corrected chi connectivity index (χ2v) is 7.77. The molecule has 2 heterocycles. The highest BCUT2D eigenvalue weighted by atomic mass is 16.7. The molecule has 1 aliphatic carbocycles. The van der Waals surface area contributed by atoms with Gasteiger partial charge in [-0.1, -0.05) is 0 Å². The molecule has 164 valence electrons. The summed E-state index contributed by atoms with van der Waals surface area (Å²) in [6.45, 7) is 0.527. The van der Waals surface area contributed by atoms with Crippen LogP contribution in [-0.2, 0) is 16.0 Å². The number of carbonyl (C=O) groups excluding carboxylic acids is 1. The maximum atomic E-state index is 12.9. The number of benzene rings is 2. The van der Waals surface area contributed by atoms with Gasteiger partial charge in [0, 0.05) is 17.4 Å². The number of carbonyl (C=O) groups is 1. The fourth-order valence-corrected chi connectivity index (χ4v) is 5.08. The number of esters is 1. The predicted octanol–water partition coefficient (Wildman–Crippen LogP) is 2.93.